The third-order valence-electron chi connectivity index (χ3n) is 3.47. The van der Waals surface area contributed by atoms with E-state index in [-0.39, 0.29) is 36.7 Å². The molecule has 2 aromatic rings. The Morgan fingerprint density at radius 1 is 1.00 bits per heavy atom. The molecule has 27 heavy (non-hydrogen) atoms. The minimum atomic E-state index is -0.209. The van der Waals surface area contributed by atoms with Crippen LogP contribution in [0.1, 0.15) is 10.4 Å². The number of benzene rings is 2. The van der Waals surface area contributed by atoms with Gasteiger partial charge in [-0.05, 0) is 48.5 Å². The fourth-order valence-electron chi connectivity index (χ4n) is 2.29. The van der Waals surface area contributed by atoms with Crippen LogP contribution in [-0.4, -0.2) is 30.9 Å². The number of anilines is 2. The molecule has 1 aliphatic rings. The largest absolute Gasteiger partial charge is 0.370 e. The second kappa shape index (κ2) is 10.2. The highest BCUT2D eigenvalue weighted by Gasteiger charge is 2.07. The number of amides is 1. The molecule has 1 amide bonds. The minimum Gasteiger partial charge on any atom is -0.370 e. The van der Waals surface area contributed by atoms with Crippen LogP contribution in [0.4, 0.5) is 17.1 Å². The summed E-state index contributed by atoms with van der Waals surface area (Å²) in [6.07, 6.45) is 0. The maximum absolute atomic E-state index is 12.3. The van der Waals surface area contributed by atoms with E-state index >= 15 is 0 Å². The molecule has 7 N–H and O–H groups in total. The van der Waals surface area contributed by atoms with E-state index in [9.17, 15) is 4.79 Å². The lowest BCUT2D eigenvalue weighted by Gasteiger charge is -2.09. The van der Waals surface area contributed by atoms with E-state index < -0.39 is 0 Å². The number of hydrogen-bond donors (Lipinski definition) is 5. The first-order valence-corrected chi connectivity index (χ1v) is 7.76. The lowest BCUT2D eigenvalue weighted by atomic mass is 10.2. The first-order chi connectivity index (χ1) is 12.1. The number of carbonyl (C=O) groups is 1. The van der Waals surface area contributed by atoms with Crippen LogP contribution < -0.4 is 27.4 Å². The van der Waals surface area contributed by atoms with Crippen molar-refractivity contribution < 1.29 is 4.79 Å². The molecular formula is C17H21Cl2N7O. The quantitative estimate of drug-likeness (QED) is 0.389. The van der Waals surface area contributed by atoms with Gasteiger partial charge in [0.2, 0.25) is 0 Å². The van der Waals surface area contributed by atoms with Crippen molar-refractivity contribution in [3.05, 3.63) is 54.1 Å². The van der Waals surface area contributed by atoms with Crippen LogP contribution in [0.15, 0.2) is 58.5 Å². The number of guanidine groups is 2. The molecular weight excluding hydrogens is 389 g/mol. The number of rotatable bonds is 4. The van der Waals surface area contributed by atoms with Gasteiger partial charge in [-0.2, -0.15) is 0 Å². The number of nitrogens with zero attached hydrogens (tertiary/aromatic N) is 2. The Bertz CT molecular complexity index is 816. The van der Waals surface area contributed by atoms with E-state index in [0.717, 1.165) is 24.7 Å². The molecule has 0 saturated heterocycles. The highest BCUT2D eigenvalue weighted by atomic mass is 35.5. The third kappa shape index (κ3) is 6.36. The maximum atomic E-state index is 12.3. The van der Waals surface area contributed by atoms with Gasteiger partial charge in [-0.25, -0.2) is 4.99 Å². The van der Waals surface area contributed by atoms with Crippen molar-refractivity contribution in [2.75, 3.05) is 23.7 Å². The molecule has 1 aliphatic heterocycles. The number of carbonyl (C=O) groups excluding carboxylic acids is 1. The van der Waals surface area contributed by atoms with Gasteiger partial charge in [0.15, 0.2) is 11.9 Å². The summed E-state index contributed by atoms with van der Waals surface area (Å²) in [6, 6.07) is 14.1. The van der Waals surface area contributed by atoms with Crippen LogP contribution in [0.25, 0.3) is 0 Å². The predicted octanol–water partition coefficient (Wildman–Crippen LogP) is 2.06. The average Bonchev–Trinajstić information content (AvgIpc) is 3.10. The zero-order valence-electron chi connectivity index (χ0n) is 14.3. The smallest absolute Gasteiger partial charge is 0.255 e. The zero-order valence-corrected chi connectivity index (χ0v) is 15.9. The molecule has 0 radical (unpaired) electrons. The molecule has 1 heterocycles. The Morgan fingerprint density at radius 2 is 1.63 bits per heavy atom. The lowest BCUT2D eigenvalue weighted by molar-refractivity contribution is 0.102. The van der Waals surface area contributed by atoms with Gasteiger partial charge < -0.3 is 27.4 Å². The van der Waals surface area contributed by atoms with Crippen molar-refractivity contribution in [1.82, 2.24) is 5.32 Å². The molecule has 2 aromatic carbocycles. The zero-order chi connectivity index (χ0) is 17.6. The summed E-state index contributed by atoms with van der Waals surface area (Å²) >= 11 is 0. The summed E-state index contributed by atoms with van der Waals surface area (Å²) in [6.45, 7) is 1.62. The number of halogens is 2. The first kappa shape index (κ1) is 22.1. The van der Waals surface area contributed by atoms with Gasteiger partial charge in [0, 0.05) is 23.5 Å². The van der Waals surface area contributed by atoms with Gasteiger partial charge in [-0.3, -0.25) is 9.79 Å². The number of nitrogens with one attached hydrogen (secondary N) is 3. The fourth-order valence-corrected chi connectivity index (χ4v) is 2.29. The standard InChI is InChI=1S/C17H19N7O.2ClH/c18-16(19)23-13-3-1-11(2-4-13)15(25)22-12-5-7-14(8-6-12)24-17-20-9-10-21-17;;/h1-8H,9-10H2,(H,22,25)(H4,18,19,23)(H2,20,21,24);2*1H. The van der Waals surface area contributed by atoms with Gasteiger partial charge in [0.25, 0.3) is 5.91 Å². The monoisotopic (exact) mass is 409 g/mol. The van der Waals surface area contributed by atoms with Crippen molar-refractivity contribution in [2.45, 2.75) is 0 Å². The summed E-state index contributed by atoms with van der Waals surface area (Å²) in [7, 11) is 0. The molecule has 0 aliphatic carbocycles. The second-order valence-electron chi connectivity index (χ2n) is 5.40. The number of aliphatic imine (C=N–C) groups is 2. The number of nitrogens with two attached hydrogens (primary N) is 2. The Balaban J connectivity index is 0.00000182. The number of hydrogen-bond acceptors (Lipinski definition) is 5. The molecule has 0 saturated carbocycles. The van der Waals surface area contributed by atoms with Gasteiger partial charge in [-0.1, -0.05) is 0 Å². The SMILES string of the molecule is Cl.Cl.NC(N)=Nc1ccc(C(=O)Nc2ccc(NC3=NCCN3)cc2)cc1. The minimum absolute atomic E-state index is 0. The predicted molar refractivity (Wildman–Crippen MR) is 115 cm³/mol. The summed E-state index contributed by atoms with van der Waals surface area (Å²) in [5.41, 5.74) is 13.3. The highest BCUT2D eigenvalue weighted by Crippen LogP contribution is 2.17. The van der Waals surface area contributed by atoms with Crippen LogP contribution in [0, 0.1) is 0 Å². The molecule has 0 atom stereocenters. The normalized spacial score (nSPS) is 11.8. The van der Waals surface area contributed by atoms with Crippen molar-refractivity contribution >= 4 is 59.7 Å². The molecule has 0 fully saturated rings. The summed E-state index contributed by atoms with van der Waals surface area (Å²) in [5.74, 6) is 0.529. The Labute approximate surface area is 169 Å². The molecule has 0 aromatic heterocycles. The van der Waals surface area contributed by atoms with Crippen LogP contribution in [0.5, 0.6) is 0 Å². The van der Waals surface area contributed by atoms with Gasteiger partial charge in [-0.15, -0.1) is 24.8 Å². The molecule has 3 rings (SSSR count). The van der Waals surface area contributed by atoms with Crippen molar-refractivity contribution in [2.24, 2.45) is 21.5 Å². The Hall–Kier alpha value is -2.97. The van der Waals surface area contributed by atoms with E-state index in [2.05, 4.69) is 25.9 Å². The molecule has 0 spiro atoms. The Morgan fingerprint density at radius 3 is 2.19 bits per heavy atom. The van der Waals surface area contributed by atoms with E-state index in [1.807, 2.05) is 24.3 Å². The second-order valence-corrected chi connectivity index (χ2v) is 5.40. The highest BCUT2D eigenvalue weighted by molar-refractivity contribution is 6.04. The summed E-state index contributed by atoms with van der Waals surface area (Å²) in [5, 5.41) is 9.14. The van der Waals surface area contributed by atoms with Crippen molar-refractivity contribution in [3.63, 3.8) is 0 Å². The fraction of sp³-hybridized carbons (Fsp3) is 0.118. The molecule has 0 unspecified atom stereocenters. The first-order valence-electron chi connectivity index (χ1n) is 7.76. The van der Waals surface area contributed by atoms with E-state index in [1.54, 1.807) is 24.3 Å². The third-order valence-corrected chi connectivity index (χ3v) is 3.47. The van der Waals surface area contributed by atoms with Gasteiger partial charge in [0.1, 0.15) is 0 Å². The lowest BCUT2D eigenvalue weighted by Crippen LogP contribution is -2.26. The van der Waals surface area contributed by atoms with Crippen molar-refractivity contribution in [3.8, 4) is 0 Å². The van der Waals surface area contributed by atoms with Crippen LogP contribution in [0.2, 0.25) is 0 Å². The molecule has 144 valence electrons. The topological polar surface area (TPSA) is 130 Å². The van der Waals surface area contributed by atoms with Gasteiger partial charge in [0.05, 0.1) is 12.2 Å². The van der Waals surface area contributed by atoms with Crippen molar-refractivity contribution in [1.29, 1.82) is 0 Å². The van der Waals surface area contributed by atoms with E-state index in [0.29, 0.717) is 16.9 Å². The van der Waals surface area contributed by atoms with E-state index in [1.165, 1.54) is 0 Å². The summed E-state index contributed by atoms with van der Waals surface area (Å²) < 4.78 is 0. The average molecular weight is 410 g/mol. The summed E-state index contributed by atoms with van der Waals surface area (Å²) in [4.78, 5) is 20.5. The van der Waals surface area contributed by atoms with Crippen LogP contribution in [0.3, 0.4) is 0 Å². The molecule has 8 nitrogen and oxygen atoms in total. The van der Waals surface area contributed by atoms with E-state index in [4.69, 9.17) is 11.5 Å². The molecule has 10 heteroatoms. The van der Waals surface area contributed by atoms with Gasteiger partial charge >= 0.3 is 0 Å². The van der Waals surface area contributed by atoms with Crippen LogP contribution in [-0.2, 0) is 0 Å². The maximum Gasteiger partial charge on any atom is 0.255 e. The van der Waals surface area contributed by atoms with Crippen LogP contribution >= 0.6 is 24.8 Å². The molecule has 0 bridgehead atoms. The Kier molecular flexibility index (Phi) is 8.37.